The van der Waals surface area contributed by atoms with Crippen LogP contribution in [0.25, 0.3) is 6.08 Å². The van der Waals surface area contributed by atoms with Gasteiger partial charge in [-0.05, 0) is 39.7 Å². The second-order valence-electron chi connectivity index (χ2n) is 5.31. The Bertz CT molecular complexity index is 872. The molecule has 1 amide bonds. The van der Waals surface area contributed by atoms with Gasteiger partial charge in [0.05, 0.1) is 5.69 Å². The van der Waals surface area contributed by atoms with Gasteiger partial charge in [0.1, 0.15) is 25.0 Å². The molecule has 132 valence electrons. The van der Waals surface area contributed by atoms with E-state index in [0.29, 0.717) is 40.6 Å². The third kappa shape index (κ3) is 4.55. The van der Waals surface area contributed by atoms with Crippen LogP contribution in [0.2, 0.25) is 0 Å². The number of hydrogen-bond acceptors (Lipinski definition) is 5. The van der Waals surface area contributed by atoms with Gasteiger partial charge in [-0.3, -0.25) is 4.79 Å². The number of carbonyl (C=O) groups is 1. The summed E-state index contributed by atoms with van der Waals surface area (Å²) < 4.78 is 16.9. The molecule has 0 radical (unpaired) electrons. The topological polar surface area (TPSA) is 80.6 Å². The summed E-state index contributed by atoms with van der Waals surface area (Å²) >= 11 is 3.42. The Kier molecular flexibility index (Phi) is 5.77. The van der Waals surface area contributed by atoms with Crippen molar-refractivity contribution in [2.24, 2.45) is 0 Å². The van der Waals surface area contributed by atoms with Gasteiger partial charge >= 0.3 is 0 Å². The van der Waals surface area contributed by atoms with Crippen LogP contribution in [0.1, 0.15) is 5.56 Å². The highest BCUT2D eigenvalue weighted by molar-refractivity contribution is 9.10. The Morgan fingerprint density at radius 1 is 1.23 bits per heavy atom. The van der Waals surface area contributed by atoms with Crippen LogP contribution in [0.3, 0.4) is 0 Å². The van der Waals surface area contributed by atoms with Crippen LogP contribution in [-0.4, -0.2) is 25.7 Å². The Morgan fingerprint density at radius 2 is 1.92 bits per heavy atom. The maximum Gasteiger partial charge on any atom is 0.248 e. The average Bonchev–Trinajstić information content (AvgIpc) is 2.66. The molecule has 0 bridgehead atoms. The molecule has 1 N–H and O–H groups in total. The molecule has 2 aromatic carbocycles. The second-order valence-corrected chi connectivity index (χ2v) is 6.17. The van der Waals surface area contributed by atoms with Gasteiger partial charge in [-0.2, -0.15) is 5.26 Å². The van der Waals surface area contributed by atoms with E-state index in [9.17, 15) is 4.79 Å². The zero-order chi connectivity index (χ0) is 18.4. The molecule has 26 heavy (non-hydrogen) atoms. The molecule has 2 aromatic rings. The maximum atomic E-state index is 12.2. The van der Waals surface area contributed by atoms with E-state index in [4.69, 9.17) is 19.5 Å². The number of anilines is 1. The summed E-state index contributed by atoms with van der Waals surface area (Å²) in [6, 6.07) is 12.5. The molecular formula is C19H15BrN2O4. The number of benzene rings is 2. The third-order valence-electron chi connectivity index (χ3n) is 3.50. The van der Waals surface area contributed by atoms with Gasteiger partial charge in [0.25, 0.3) is 0 Å². The SMILES string of the molecule is N#CCOc1ccc(/C=C/C(=O)Nc2cc3c(cc2Br)OCCO3)cc1. The molecule has 0 spiro atoms. The normalized spacial score (nSPS) is 12.5. The first-order valence-electron chi connectivity index (χ1n) is 7.84. The Morgan fingerprint density at radius 3 is 2.62 bits per heavy atom. The second kappa shape index (κ2) is 8.41. The molecule has 0 fully saturated rings. The van der Waals surface area contributed by atoms with Crippen molar-refractivity contribution >= 4 is 33.6 Å². The summed E-state index contributed by atoms with van der Waals surface area (Å²) in [7, 11) is 0. The molecule has 6 nitrogen and oxygen atoms in total. The number of hydrogen-bond donors (Lipinski definition) is 1. The van der Waals surface area contributed by atoms with E-state index in [0.717, 1.165) is 5.56 Å². The number of nitrogens with one attached hydrogen (secondary N) is 1. The van der Waals surface area contributed by atoms with Gasteiger partial charge in [-0.25, -0.2) is 0 Å². The summed E-state index contributed by atoms with van der Waals surface area (Å²) in [6.45, 7) is 0.992. The zero-order valence-corrected chi connectivity index (χ0v) is 15.3. The lowest BCUT2D eigenvalue weighted by Crippen LogP contribution is -2.16. The maximum absolute atomic E-state index is 12.2. The van der Waals surface area contributed by atoms with Crippen molar-refractivity contribution in [2.75, 3.05) is 25.1 Å². The van der Waals surface area contributed by atoms with Gasteiger partial charge in [0, 0.05) is 22.7 Å². The van der Waals surface area contributed by atoms with Gasteiger partial charge in [0.2, 0.25) is 5.91 Å². The van der Waals surface area contributed by atoms with Crippen molar-refractivity contribution in [3.63, 3.8) is 0 Å². The monoisotopic (exact) mass is 414 g/mol. The molecule has 0 saturated carbocycles. The fraction of sp³-hybridized carbons (Fsp3) is 0.158. The van der Waals surface area contributed by atoms with E-state index >= 15 is 0 Å². The summed E-state index contributed by atoms with van der Waals surface area (Å²) in [5.74, 6) is 1.59. The van der Waals surface area contributed by atoms with Crippen LogP contribution in [0, 0.1) is 11.3 Å². The fourth-order valence-electron chi connectivity index (χ4n) is 2.30. The molecular weight excluding hydrogens is 400 g/mol. The van der Waals surface area contributed by atoms with Gasteiger partial charge in [0.15, 0.2) is 18.1 Å². The standard InChI is InChI=1S/C19H15BrN2O4/c20-15-11-17-18(26-10-9-25-17)12-16(15)22-19(23)6-3-13-1-4-14(5-2-13)24-8-7-21/h1-6,11-12H,8-10H2,(H,22,23)/b6-3+. The Balaban J connectivity index is 1.63. The molecule has 1 heterocycles. The van der Waals surface area contributed by atoms with E-state index in [1.807, 2.05) is 6.07 Å². The van der Waals surface area contributed by atoms with E-state index in [2.05, 4.69) is 21.2 Å². The molecule has 0 aromatic heterocycles. The first-order chi connectivity index (χ1) is 12.7. The van der Waals surface area contributed by atoms with Crippen molar-refractivity contribution in [1.29, 1.82) is 5.26 Å². The van der Waals surface area contributed by atoms with E-state index in [-0.39, 0.29) is 12.5 Å². The van der Waals surface area contributed by atoms with E-state index in [1.54, 1.807) is 42.5 Å². The molecule has 7 heteroatoms. The average molecular weight is 415 g/mol. The van der Waals surface area contributed by atoms with Gasteiger partial charge in [-0.15, -0.1) is 0 Å². The summed E-state index contributed by atoms with van der Waals surface area (Å²) in [6.07, 6.45) is 3.13. The number of rotatable bonds is 5. The number of halogens is 1. The van der Waals surface area contributed by atoms with Crippen LogP contribution in [0.5, 0.6) is 17.2 Å². The first-order valence-corrected chi connectivity index (χ1v) is 8.63. The van der Waals surface area contributed by atoms with Crippen molar-refractivity contribution < 1.29 is 19.0 Å². The van der Waals surface area contributed by atoms with Crippen LogP contribution in [0.15, 0.2) is 46.9 Å². The molecule has 0 saturated heterocycles. The van der Waals surface area contributed by atoms with Crippen LogP contribution < -0.4 is 19.5 Å². The Hall–Kier alpha value is -2.98. The smallest absolute Gasteiger partial charge is 0.248 e. The highest BCUT2D eigenvalue weighted by Crippen LogP contribution is 2.38. The van der Waals surface area contributed by atoms with Crippen molar-refractivity contribution in [2.45, 2.75) is 0 Å². The van der Waals surface area contributed by atoms with Crippen molar-refractivity contribution in [1.82, 2.24) is 0 Å². The number of nitrogens with zero attached hydrogens (tertiary/aromatic N) is 1. The number of fused-ring (bicyclic) bond motifs is 1. The van der Waals surface area contributed by atoms with Crippen LogP contribution in [-0.2, 0) is 4.79 Å². The predicted molar refractivity (Wildman–Crippen MR) is 100 cm³/mol. The van der Waals surface area contributed by atoms with Crippen LogP contribution in [0.4, 0.5) is 5.69 Å². The molecule has 1 aliphatic heterocycles. The number of nitriles is 1. The minimum Gasteiger partial charge on any atom is -0.486 e. The number of ether oxygens (including phenoxy) is 3. The van der Waals surface area contributed by atoms with Gasteiger partial charge < -0.3 is 19.5 Å². The zero-order valence-electron chi connectivity index (χ0n) is 13.7. The number of amides is 1. The quantitative estimate of drug-likeness (QED) is 0.752. The predicted octanol–water partition coefficient (Wildman–Crippen LogP) is 3.77. The minimum absolute atomic E-state index is 0.00199. The van der Waals surface area contributed by atoms with E-state index < -0.39 is 0 Å². The summed E-state index contributed by atoms with van der Waals surface area (Å²) in [5.41, 5.74) is 1.44. The highest BCUT2D eigenvalue weighted by Gasteiger charge is 2.15. The molecule has 0 unspecified atom stereocenters. The highest BCUT2D eigenvalue weighted by atomic mass is 79.9. The third-order valence-corrected chi connectivity index (χ3v) is 4.16. The lowest BCUT2D eigenvalue weighted by Gasteiger charge is -2.19. The lowest BCUT2D eigenvalue weighted by atomic mass is 10.2. The summed E-state index contributed by atoms with van der Waals surface area (Å²) in [5, 5.41) is 11.3. The Labute approximate surface area is 159 Å². The summed E-state index contributed by atoms with van der Waals surface area (Å²) in [4.78, 5) is 12.2. The van der Waals surface area contributed by atoms with Crippen LogP contribution >= 0.6 is 15.9 Å². The first kappa shape index (κ1) is 17.8. The van der Waals surface area contributed by atoms with Gasteiger partial charge in [-0.1, -0.05) is 12.1 Å². The lowest BCUT2D eigenvalue weighted by molar-refractivity contribution is -0.111. The minimum atomic E-state index is -0.271. The molecule has 0 aliphatic carbocycles. The van der Waals surface area contributed by atoms with Crippen molar-refractivity contribution in [3.05, 3.63) is 52.5 Å². The molecule has 1 aliphatic rings. The number of carbonyl (C=O) groups excluding carboxylic acids is 1. The molecule has 3 rings (SSSR count). The largest absolute Gasteiger partial charge is 0.486 e. The fourth-order valence-corrected chi connectivity index (χ4v) is 2.72. The van der Waals surface area contributed by atoms with Crippen molar-refractivity contribution in [3.8, 4) is 23.3 Å². The molecule has 0 atom stereocenters. The van der Waals surface area contributed by atoms with E-state index in [1.165, 1.54) is 6.08 Å².